The molecular weight excluding hydrogens is 465 g/mol. The molecule has 3 aromatic heterocycles. The van der Waals surface area contributed by atoms with Gasteiger partial charge in [-0.2, -0.15) is 0 Å². The number of aromatic nitrogens is 3. The molecule has 0 unspecified atom stereocenters. The van der Waals surface area contributed by atoms with Crippen molar-refractivity contribution in [1.82, 2.24) is 14.4 Å². The maximum atomic E-state index is 13.3. The lowest BCUT2D eigenvalue weighted by molar-refractivity contribution is -0.169. The molecule has 1 aromatic carbocycles. The molecule has 0 atom stereocenters. The molecule has 6 rings (SSSR count). The Morgan fingerprint density at radius 3 is 2.57 bits per heavy atom. The highest BCUT2D eigenvalue weighted by atomic mass is 32.1. The van der Waals surface area contributed by atoms with Gasteiger partial charge >= 0.3 is 0 Å². The van der Waals surface area contributed by atoms with Crippen molar-refractivity contribution < 1.29 is 13.9 Å². The van der Waals surface area contributed by atoms with Crippen LogP contribution in [0.3, 0.4) is 0 Å². The molecule has 0 saturated carbocycles. The van der Waals surface area contributed by atoms with Crippen LogP contribution in [0.25, 0.3) is 16.9 Å². The van der Waals surface area contributed by atoms with E-state index >= 15 is 0 Å². The molecule has 1 N–H and O–H groups in total. The molecule has 2 saturated heterocycles. The Kier molecular flexibility index (Phi) is 5.91. The van der Waals surface area contributed by atoms with Gasteiger partial charge in [-0.15, -0.1) is 11.3 Å². The first kappa shape index (κ1) is 22.5. The number of imidazole rings is 1. The average Bonchev–Trinajstić information content (AvgIpc) is 3.62. The third kappa shape index (κ3) is 4.39. The standard InChI is InChI=1S/C26H28FN5O2S/c1-2-21-25(28-15-24-30-22(17-35-24)18-3-5-19(27)6-4-18)32-16-20(7-8-23(32)29-21)31-11-9-26(10-12-31)33-13-14-34-26/h3-8,16-17,28H,2,9-15H2,1H3. The SMILES string of the molecule is CCc1nc2ccc(N3CCC4(CC3)OCCO4)cn2c1NCc1nc(-c2ccc(F)cc2)cs1. The zero-order chi connectivity index (χ0) is 23.8. The highest BCUT2D eigenvalue weighted by Gasteiger charge is 2.39. The van der Waals surface area contributed by atoms with Crippen LogP contribution in [-0.4, -0.2) is 46.5 Å². The van der Waals surface area contributed by atoms with Crippen molar-refractivity contribution in [3.05, 3.63) is 64.5 Å². The number of aryl methyl sites for hydroxylation is 1. The van der Waals surface area contributed by atoms with E-state index < -0.39 is 0 Å². The molecule has 0 amide bonds. The van der Waals surface area contributed by atoms with Crippen molar-refractivity contribution in [2.24, 2.45) is 0 Å². The third-order valence-electron chi connectivity index (χ3n) is 6.81. The molecule has 9 heteroatoms. The quantitative estimate of drug-likeness (QED) is 0.403. The Hall–Kier alpha value is -3.01. The van der Waals surface area contributed by atoms with Crippen molar-refractivity contribution in [2.45, 2.75) is 38.5 Å². The van der Waals surface area contributed by atoms with Crippen LogP contribution >= 0.6 is 11.3 Å². The number of anilines is 2. The smallest absolute Gasteiger partial charge is 0.171 e. The Bertz CT molecular complexity index is 1320. The summed E-state index contributed by atoms with van der Waals surface area (Å²) < 4.78 is 27.2. The normalized spacial score (nSPS) is 17.5. The van der Waals surface area contributed by atoms with E-state index in [2.05, 4.69) is 39.9 Å². The van der Waals surface area contributed by atoms with Gasteiger partial charge in [-0.1, -0.05) is 6.92 Å². The van der Waals surface area contributed by atoms with E-state index in [1.54, 1.807) is 23.5 Å². The lowest BCUT2D eigenvalue weighted by Crippen LogP contribution is -2.45. The van der Waals surface area contributed by atoms with E-state index in [1.165, 1.54) is 17.8 Å². The second kappa shape index (κ2) is 9.22. The minimum atomic E-state index is -0.377. The molecule has 35 heavy (non-hydrogen) atoms. The van der Waals surface area contributed by atoms with Crippen LogP contribution < -0.4 is 10.2 Å². The van der Waals surface area contributed by atoms with Gasteiger partial charge in [0, 0.05) is 43.1 Å². The summed E-state index contributed by atoms with van der Waals surface area (Å²) in [7, 11) is 0. The van der Waals surface area contributed by atoms with Crippen LogP contribution in [0.5, 0.6) is 0 Å². The van der Waals surface area contributed by atoms with Gasteiger partial charge in [0.2, 0.25) is 0 Å². The number of hydrogen-bond acceptors (Lipinski definition) is 7. The van der Waals surface area contributed by atoms with Crippen LogP contribution in [-0.2, 0) is 22.4 Å². The summed E-state index contributed by atoms with van der Waals surface area (Å²) in [5.41, 5.74) is 4.90. The topological polar surface area (TPSA) is 63.9 Å². The molecule has 1 spiro atoms. The van der Waals surface area contributed by atoms with Gasteiger partial charge < -0.3 is 19.7 Å². The maximum absolute atomic E-state index is 13.3. The number of rotatable bonds is 6. The summed E-state index contributed by atoms with van der Waals surface area (Å²) in [6.07, 6.45) is 4.75. The second-order valence-electron chi connectivity index (χ2n) is 8.96. The van der Waals surface area contributed by atoms with Gasteiger partial charge in [-0.05, 0) is 42.8 Å². The van der Waals surface area contributed by atoms with E-state index in [0.29, 0.717) is 19.8 Å². The largest absolute Gasteiger partial charge is 0.370 e. The van der Waals surface area contributed by atoms with Crippen molar-refractivity contribution in [1.29, 1.82) is 0 Å². The molecule has 182 valence electrons. The van der Waals surface area contributed by atoms with Crippen LogP contribution in [0.15, 0.2) is 48.0 Å². The molecule has 0 radical (unpaired) electrons. The van der Waals surface area contributed by atoms with Crippen LogP contribution in [0.4, 0.5) is 15.9 Å². The molecule has 0 bridgehead atoms. The fourth-order valence-electron chi connectivity index (χ4n) is 4.90. The number of ether oxygens (including phenoxy) is 2. The maximum Gasteiger partial charge on any atom is 0.171 e. The Labute approximate surface area is 207 Å². The van der Waals surface area contributed by atoms with Gasteiger partial charge in [-0.3, -0.25) is 4.40 Å². The minimum absolute atomic E-state index is 0.241. The highest BCUT2D eigenvalue weighted by molar-refractivity contribution is 7.10. The Morgan fingerprint density at radius 1 is 1.06 bits per heavy atom. The summed E-state index contributed by atoms with van der Waals surface area (Å²) in [5.74, 6) is 0.381. The van der Waals surface area contributed by atoms with Gasteiger partial charge in [0.1, 0.15) is 22.3 Å². The monoisotopic (exact) mass is 493 g/mol. The zero-order valence-corrected chi connectivity index (χ0v) is 20.5. The van der Waals surface area contributed by atoms with Crippen LogP contribution in [0.2, 0.25) is 0 Å². The van der Waals surface area contributed by atoms with Crippen molar-refractivity contribution in [3.8, 4) is 11.3 Å². The number of nitrogens with zero attached hydrogens (tertiary/aromatic N) is 4. The first-order valence-corrected chi connectivity index (χ1v) is 13.0. The summed E-state index contributed by atoms with van der Waals surface area (Å²) in [5, 5.41) is 6.56. The van der Waals surface area contributed by atoms with E-state index in [9.17, 15) is 4.39 Å². The predicted octanol–water partition coefficient (Wildman–Crippen LogP) is 5.11. The molecule has 4 aromatic rings. The second-order valence-corrected chi connectivity index (χ2v) is 9.90. The molecule has 7 nitrogen and oxygen atoms in total. The lowest BCUT2D eigenvalue weighted by Gasteiger charge is -2.38. The van der Waals surface area contributed by atoms with Crippen molar-refractivity contribution in [2.75, 3.05) is 36.5 Å². The van der Waals surface area contributed by atoms with Crippen LogP contribution in [0, 0.1) is 5.82 Å². The fraction of sp³-hybridized carbons (Fsp3) is 0.385. The van der Waals surface area contributed by atoms with Gasteiger partial charge in [-0.25, -0.2) is 14.4 Å². The number of fused-ring (bicyclic) bond motifs is 1. The molecule has 2 aliphatic rings. The number of nitrogens with one attached hydrogen (secondary N) is 1. The van der Waals surface area contributed by atoms with Crippen molar-refractivity contribution >= 4 is 28.5 Å². The van der Waals surface area contributed by atoms with E-state index in [4.69, 9.17) is 19.4 Å². The van der Waals surface area contributed by atoms with E-state index in [-0.39, 0.29) is 11.6 Å². The van der Waals surface area contributed by atoms with Gasteiger partial charge in [0.15, 0.2) is 5.79 Å². The van der Waals surface area contributed by atoms with Crippen molar-refractivity contribution in [3.63, 3.8) is 0 Å². The highest BCUT2D eigenvalue weighted by Crippen LogP contribution is 2.34. The number of thiazole rings is 1. The minimum Gasteiger partial charge on any atom is -0.370 e. The van der Waals surface area contributed by atoms with Gasteiger partial charge in [0.05, 0.1) is 36.8 Å². The van der Waals surface area contributed by atoms with E-state index in [1.807, 2.05) is 5.38 Å². The molecule has 2 fully saturated rings. The van der Waals surface area contributed by atoms with E-state index in [0.717, 1.165) is 65.8 Å². The number of benzene rings is 1. The first-order chi connectivity index (χ1) is 17.1. The summed E-state index contributed by atoms with van der Waals surface area (Å²) in [6.45, 7) is 5.90. The summed E-state index contributed by atoms with van der Waals surface area (Å²) >= 11 is 1.60. The zero-order valence-electron chi connectivity index (χ0n) is 19.7. The number of pyridine rings is 1. The number of hydrogen-bond donors (Lipinski definition) is 1. The molecule has 5 heterocycles. The summed E-state index contributed by atoms with van der Waals surface area (Å²) in [6, 6.07) is 10.7. The van der Waals surface area contributed by atoms with Crippen LogP contribution in [0.1, 0.15) is 30.5 Å². The molecule has 0 aliphatic carbocycles. The summed E-state index contributed by atoms with van der Waals surface area (Å²) in [4.78, 5) is 12.0. The number of piperidine rings is 1. The fourth-order valence-corrected chi connectivity index (χ4v) is 5.64. The predicted molar refractivity (Wildman–Crippen MR) is 135 cm³/mol. The van der Waals surface area contributed by atoms with Gasteiger partial charge in [0.25, 0.3) is 0 Å². The number of halogens is 1. The third-order valence-corrected chi connectivity index (χ3v) is 7.66. The Balaban J connectivity index is 1.20. The molecular formula is C26H28FN5O2S. The molecule has 2 aliphatic heterocycles. The Morgan fingerprint density at radius 2 is 1.83 bits per heavy atom. The first-order valence-electron chi connectivity index (χ1n) is 12.1. The lowest BCUT2D eigenvalue weighted by atomic mass is 10.0. The average molecular weight is 494 g/mol.